The number of aliphatic hydroxyl groups is 1. The molecule has 0 aromatic rings. The molecular formula is C10H18O. The van der Waals surface area contributed by atoms with E-state index < -0.39 is 0 Å². The van der Waals surface area contributed by atoms with Crippen LogP contribution in [0.3, 0.4) is 0 Å². The van der Waals surface area contributed by atoms with Gasteiger partial charge in [-0.3, -0.25) is 0 Å². The topological polar surface area (TPSA) is 20.2 Å². The maximum absolute atomic E-state index is 8.90. The predicted octanol–water partition coefficient (Wildman–Crippen LogP) is 2.22. The van der Waals surface area contributed by atoms with Crippen LogP contribution >= 0.6 is 0 Å². The number of aliphatic hydroxyl groups excluding tert-OH is 1. The Bertz CT molecular complexity index is 153. The van der Waals surface area contributed by atoms with Crippen molar-refractivity contribution in [1.82, 2.24) is 0 Å². The molecule has 2 unspecified atom stereocenters. The van der Waals surface area contributed by atoms with Gasteiger partial charge in [0.2, 0.25) is 0 Å². The second-order valence-corrected chi connectivity index (χ2v) is 4.54. The van der Waals surface area contributed by atoms with E-state index in [2.05, 4.69) is 32.9 Å². The molecule has 0 radical (unpaired) electrons. The second kappa shape index (κ2) is 2.98. The van der Waals surface area contributed by atoms with E-state index in [1.165, 1.54) is 0 Å². The fourth-order valence-corrected chi connectivity index (χ4v) is 1.55. The Hall–Kier alpha value is -0.300. The third-order valence-corrected chi connectivity index (χ3v) is 2.52. The molecule has 0 heterocycles. The van der Waals surface area contributed by atoms with Crippen LogP contribution in [0.2, 0.25) is 0 Å². The van der Waals surface area contributed by atoms with E-state index in [4.69, 9.17) is 5.11 Å². The first-order valence-corrected chi connectivity index (χ1v) is 4.33. The Morgan fingerprint density at radius 1 is 1.36 bits per heavy atom. The molecule has 11 heavy (non-hydrogen) atoms. The normalized spacial score (nSPS) is 31.3. The van der Waals surface area contributed by atoms with E-state index in [1.807, 2.05) is 0 Å². The fourth-order valence-electron chi connectivity index (χ4n) is 1.55. The summed E-state index contributed by atoms with van der Waals surface area (Å²) in [7, 11) is 0. The molecule has 0 aromatic heterocycles. The van der Waals surface area contributed by atoms with Gasteiger partial charge in [-0.05, 0) is 17.8 Å². The van der Waals surface area contributed by atoms with Crippen molar-refractivity contribution in [2.75, 3.05) is 6.61 Å². The molecule has 0 fully saturated rings. The lowest BCUT2D eigenvalue weighted by Crippen LogP contribution is -2.18. The van der Waals surface area contributed by atoms with E-state index in [9.17, 15) is 0 Å². The van der Waals surface area contributed by atoms with Gasteiger partial charge in [0.15, 0.2) is 0 Å². The van der Waals surface area contributed by atoms with Gasteiger partial charge in [0.1, 0.15) is 0 Å². The van der Waals surface area contributed by atoms with Gasteiger partial charge < -0.3 is 5.11 Å². The van der Waals surface area contributed by atoms with Crippen LogP contribution in [0.15, 0.2) is 12.2 Å². The summed E-state index contributed by atoms with van der Waals surface area (Å²) in [6, 6.07) is 0. The summed E-state index contributed by atoms with van der Waals surface area (Å²) < 4.78 is 0. The van der Waals surface area contributed by atoms with Crippen LogP contribution in [0.25, 0.3) is 0 Å². The van der Waals surface area contributed by atoms with Gasteiger partial charge in [0.25, 0.3) is 0 Å². The van der Waals surface area contributed by atoms with E-state index in [-0.39, 0.29) is 0 Å². The van der Waals surface area contributed by atoms with E-state index in [0.717, 1.165) is 6.42 Å². The molecule has 1 N–H and O–H groups in total. The number of allylic oxidation sites excluding steroid dienone is 1. The molecule has 1 aliphatic carbocycles. The first-order valence-electron chi connectivity index (χ1n) is 4.33. The zero-order valence-electron chi connectivity index (χ0n) is 7.67. The van der Waals surface area contributed by atoms with Gasteiger partial charge >= 0.3 is 0 Å². The van der Waals surface area contributed by atoms with Crippen LogP contribution in [-0.2, 0) is 0 Å². The minimum absolute atomic E-state index is 0.309. The average molecular weight is 154 g/mol. The summed E-state index contributed by atoms with van der Waals surface area (Å²) in [4.78, 5) is 0. The molecule has 0 spiro atoms. The molecule has 0 saturated carbocycles. The first kappa shape index (κ1) is 8.79. The van der Waals surface area contributed by atoms with Crippen LogP contribution < -0.4 is 0 Å². The van der Waals surface area contributed by atoms with E-state index >= 15 is 0 Å². The molecule has 1 heteroatoms. The molecule has 2 atom stereocenters. The quantitative estimate of drug-likeness (QED) is 0.574. The van der Waals surface area contributed by atoms with Crippen LogP contribution in [0.5, 0.6) is 0 Å². The number of rotatable bonds is 1. The lowest BCUT2D eigenvalue weighted by Gasteiger charge is -2.26. The van der Waals surface area contributed by atoms with Gasteiger partial charge in [-0.1, -0.05) is 32.9 Å². The highest BCUT2D eigenvalue weighted by Gasteiger charge is 2.27. The molecule has 0 bridgehead atoms. The zero-order valence-corrected chi connectivity index (χ0v) is 7.67. The molecule has 0 amide bonds. The summed E-state index contributed by atoms with van der Waals surface area (Å²) in [6.45, 7) is 7.06. The molecular weight excluding hydrogens is 136 g/mol. The van der Waals surface area contributed by atoms with Gasteiger partial charge in [0, 0.05) is 12.5 Å². The van der Waals surface area contributed by atoms with E-state index in [0.29, 0.717) is 23.9 Å². The summed E-state index contributed by atoms with van der Waals surface area (Å²) in [5.41, 5.74) is 0.362. The van der Waals surface area contributed by atoms with Crippen molar-refractivity contribution in [3.63, 3.8) is 0 Å². The molecule has 1 nitrogen and oxygen atoms in total. The third-order valence-electron chi connectivity index (χ3n) is 2.52. The molecule has 1 rings (SSSR count). The van der Waals surface area contributed by atoms with Gasteiger partial charge in [-0.2, -0.15) is 0 Å². The molecule has 0 aromatic carbocycles. The van der Waals surface area contributed by atoms with Crippen molar-refractivity contribution in [2.24, 2.45) is 17.3 Å². The Morgan fingerprint density at radius 3 is 2.27 bits per heavy atom. The van der Waals surface area contributed by atoms with Gasteiger partial charge in [-0.25, -0.2) is 0 Å². The SMILES string of the molecule is CC(C)(C)C1C=CC(CO)C1. The second-order valence-electron chi connectivity index (χ2n) is 4.54. The lowest BCUT2D eigenvalue weighted by atomic mass is 9.79. The molecule has 0 saturated heterocycles. The first-order chi connectivity index (χ1) is 5.04. The van der Waals surface area contributed by atoms with Crippen molar-refractivity contribution in [3.05, 3.63) is 12.2 Å². The van der Waals surface area contributed by atoms with Gasteiger partial charge in [-0.15, -0.1) is 0 Å². The Balaban J connectivity index is 2.50. The number of hydrogen-bond acceptors (Lipinski definition) is 1. The monoisotopic (exact) mass is 154 g/mol. The minimum Gasteiger partial charge on any atom is -0.396 e. The minimum atomic E-state index is 0.309. The highest BCUT2D eigenvalue weighted by atomic mass is 16.3. The van der Waals surface area contributed by atoms with Crippen LogP contribution in [-0.4, -0.2) is 11.7 Å². The summed E-state index contributed by atoms with van der Waals surface area (Å²) in [5, 5.41) is 8.90. The van der Waals surface area contributed by atoms with Crippen LogP contribution in [0.1, 0.15) is 27.2 Å². The maximum Gasteiger partial charge on any atom is 0.0494 e. The van der Waals surface area contributed by atoms with Crippen molar-refractivity contribution >= 4 is 0 Å². The van der Waals surface area contributed by atoms with Crippen molar-refractivity contribution in [2.45, 2.75) is 27.2 Å². The Morgan fingerprint density at radius 2 is 2.00 bits per heavy atom. The largest absolute Gasteiger partial charge is 0.396 e. The van der Waals surface area contributed by atoms with Gasteiger partial charge in [0.05, 0.1) is 0 Å². The van der Waals surface area contributed by atoms with Crippen LogP contribution in [0.4, 0.5) is 0 Å². The average Bonchev–Trinajstić information content (AvgIpc) is 2.32. The third kappa shape index (κ3) is 2.06. The highest BCUT2D eigenvalue weighted by molar-refractivity contribution is 5.05. The van der Waals surface area contributed by atoms with Crippen molar-refractivity contribution < 1.29 is 5.11 Å². The summed E-state index contributed by atoms with van der Waals surface area (Å²) >= 11 is 0. The van der Waals surface area contributed by atoms with Crippen molar-refractivity contribution in [3.8, 4) is 0 Å². The summed E-state index contributed by atoms with van der Waals surface area (Å²) in [5.74, 6) is 1.07. The maximum atomic E-state index is 8.90. The lowest BCUT2D eigenvalue weighted by molar-refractivity contribution is 0.213. The fraction of sp³-hybridized carbons (Fsp3) is 0.800. The van der Waals surface area contributed by atoms with Crippen LogP contribution in [0, 0.1) is 17.3 Å². The zero-order chi connectivity index (χ0) is 8.48. The summed E-state index contributed by atoms with van der Waals surface area (Å²) in [6.07, 6.45) is 5.52. The van der Waals surface area contributed by atoms with E-state index in [1.54, 1.807) is 0 Å². The standard InChI is InChI=1S/C10H18O/c1-10(2,3)9-5-4-8(6-9)7-11/h4-5,8-9,11H,6-7H2,1-3H3. The highest BCUT2D eigenvalue weighted by Crippen LogP contribution is 2.36. The Kier molecular flexibility index (Phi) is 2.38. The molecule has 64 valence electrons. The number of hydrogen-bond donors (Lipinski definition) is 1. The smallest absolute Gasteiger partial charge is 0.0494 e. The molecule has 1 aliphatic rings. The Labute approximate surface area is 69.1 Å². The molecule has 0 aliphatic heterocycles. The van der Waals surface area contributed by atoms with Crippen molar-refractivity contribution in [1.29, 1.82) is 0 Å². The predicted molar refractivity (Wildman–Crippen MR) is 47.3 cm³/mol.